The Morgan fingerprint density at radius 2 is 2.32 bits per heavy atom. The van der Waals surface area contributed by atoms with E-state index in [2.05, 4.69) is 30.7 Å². The topological polar surface area (TPSA) is 105 Å². The molecule has 0 saturated heterocycles. The molecular weight excluding hydrogens is 361 g/mol. The van der Waals surface area contributed by atoms with Gasteiger partial charge in [0.2, 0.25) is 0 Å². The second kappa shape index (κ2) is 6.98. The summed E-state index contributed by atoms with van der Waals surface area (Å²) in [4.78, 5) is 26.8. The van der Waals surface area contributed by atoms with Gasteiger partial charge in [-0.15, -0.1) is 0 Å². The van der Waals surface area contributed by atoms with E-state index in [4.69, 9.17) is 5.73 Å². The van der Waals surface area contributed by atoms with Crippen LogP contribution >= 0.6 is 15.9 Å². The third-order valence-corrected chi connectivity index (χ3v) is 3.09. The van der Waals surface area contributed by atoms with Crippen molar-refractivity contribution < 1.29 is 13.9 Å². The first-order valence-corrected chi connectivity index (χ1v) is 6.77. The summed E-state index contributed by atoms with van der Waals surface area (Å²) < 4.78 is 20.2. The van der Waals surface area contributed by atoms with Crippen LogP contribution < -0.4 is 11.4 Å². The van der Waals surface area contributed by atoms with Crippen molar-refractivity contribution in [3.63, 3.8) is 0 Å². The Bertz CT molecular complexity index is 770. The number of aromatic nitrogens is 4. The number of carbonyl (C=O) groups excluding carboxylic acids is 1. The lowest BCUT2D eigenvalue weighted by atomic mass is 10.3. The van der Waals surface area contributed by atoms with Gasteiger partial charge in [0.15, 0.2) is 0 Å². The summed E-state index contributed by atoms with van der Waals surface area (Å²) in [5.74, 6) is 0.366. The fraction of sp³-hybridized carbons (Fsp3) is 0.167. The zero-order valence-electron chi connectivity index (χ0n) is 11.1. The van der Waals surface area contributed by atoms with Crippen LogP contribution in [0.5, 0.6) is 0 Å². The van der Waals surface area contributed by atoms with E-state index in [-0.39, 0.29) is 25.1 Å². The van der Waals surface area contributed by atoms with Gasteiger partial charge in [-0.25, -0.2) is 28.2 Å². The van der Waals surface area contributed by atoms with Crippen LogP contribution in [-0.2, 0) is 11.3 Å². The van der Waals surface area contributed by atoms with Gasteiger partial charge >= 0.3 is 11.8 Å². The summed E-state index contributed by atoms with van der Waals surface area (Å²) in [5.41, 5.74) is 4.33. The SMILES string of the molecule is NC(=O)OC/C(=C/F)Cn1ncn(-c2cc(Br)ccn2)c1=O. The minimum absolute atomic E-state index is 0.0355. The molecule has 0 aliphatic rings. The van der Waals surface area contributed by atoms with Gasteiger partial charge in [-0.05, 0) is 12.1 Å². The molecule has 0 aliphatic carbocycles. The van der Waals surface area contributed by atoms with Gasteiger partial charge in [-0.1, -0.05) is 15.9 Å². The molecule has 2 heterocycles. The summed E-state index contributed by atoms with van der Waals surface area (Å²) >= 11 is 3.27. The van der Waals surface area contributed by atoms with E-state index in [1.807, 2.05) is 0 Å². The highest BCUT2D eigenvalue weighted by Crippen LogP contribution is 2.11. The number of hydrogen-bond acceptors (Lipinski definition) is 5. The van der Waals surface area contributed by atoms with Crippen LogP contribution in [-0.4, -0.2) is 32.0 Å². The molecule has 0 fully saturated rings. The third-order valence-electron chi connectivity index (χ3n) is 2.59. The fourth-order valence-corrected chi connectivity index (χ4v) is 1.92. The molecule has 2 aromatic heterocycles. The van der Waals surface area contributed by atoms with Gasteiger partial charge < -0.3 is 10.5 Å². The molecule has 22 heavy (non-hydrogen) atoms. The van der Waals surface area contributed by atoms with Crippen molar-refractivity contribution in [1.82, 2.24) is 19.3 Å². The Kier molecular flexibility index (Phi) is 5.04. The van der Waals surface area contributed by atoms with E-state index in [0.717, 1.165) is 9.15 Å². The maximum Gasteiger partial charge on any atom is 0.404 e. The zero-order chi connectivity index (χ0) is 16.1. The molecule has 0 aliphatic heterocycles. The molecule has 0 atom stereocenters. The lowest BCUT2D eigenvalue weighted by Crippen LogP contribution is -2.26. The molecule has 2 N–H and O–H groups in total. The van der Waals surface area contributed by atoms with Crippen molar-refractivity contribution in [2.24, 2.45) is 5.73 Å². The molecule has 116 valence electrons. The van der Waals surface area contributed by atoms with Crippen molar-refractivity contribution in [3.8, 4) is 5.82 Å². The van der Waals surface area contributed by atoms with E-state index in [9.17, 15) is 14.0 Å². The second-order valence-corrected chi connectivity index (χ2v) is 5.06. The summed E-state index contributed by atoms with van der Waals surface area (Å²) in [6.07, 6.45) is 2.00. The highest BCUT2D eigenvalue weighted by molar-refractivity contribution is 9.10. The molecule has 0 aromatic carbocycles. The molecule has 1 amide bonds. The summed E-state index contributed by atoms with van der Waals surface area (Å²) in [7, 11) is 0. The van der Waals surface area contributed by atoms with Crippen LogP contribution in [0.15, 0.2) is 45.8 Å². The highest BCUT2D eigenvalue weighted by atomic mass is 79.9. The molecule has 0 spiro atoms. The average Bonchev–Trinajstić information content (AvgIpc) is 2.84. The molecule has 0 bridgehead atoms. The molecule has 0 saturated carbocycles. The number of ether oxygens (including phenoxy) is 1. The molecule has 10 heteroatoms. The van der Waals surface area contributed by atoms with Gasteiger partial charge in [-0.3, -0.25) is 0 Å². The predicted molar refractivity (Wildman–Crippen MR) is 78.0 cm³/mol. The number of primary amides is 1. The van der Waals surface area contributed by atoms with E-state index in [1.54, 1.807) is 12.1 Å². The molecule has 0 radical (unpaired) electrons. The van der Waals surface area contributed by atoms with Crippen LogP contribution in [0.25, 0.3) is 5.82 Å². The van der Waals surface area contributed by atoms with Crippen molar-refractivity contribution in [3.05, 3.63) is 51.5 Å². The maximum absolute atomic E-state index is 12.7. The smallest absolute Gasteiger partial charge is 0.404 e. The first-order chi connectivity index (χ1) is 10.5. The maximum atomic E-state index is 12.7. The van der Waals surface area contributed by atoms with Gasteiger partial charge in [0.1, 0.15) is 18.8 Å². The Balaban J connectivity index is 2.21. The van der Waals surface area contributed by atoms with Gasteiger partial charge in [0.25, 0.3) is 0 Å². The Labute approximate surface area is 132 Å². The average molecular weight is 372 g/mol. The third kappa shape index (κ3) is 3.79. The predicted octanol–water partition coefficient (Wildman–Crippen LogP) is 1.14. The van der Waals surface area contributed by atoms with Crippen LogP contribution in [0.2, 0.25) is 0 Å². The normalized spacial score (nSPS) is 11.5. The minimum Gasteiger partial charge on any atom is -0.445 e. The van der Waals surface area contributed by atoms with Gasteiger partial charge in [-0.2, -0.15) is 5.10 Å². The summed E-state index contributed by atoms with van der Waals surface area (Å²) in [5, 5.41) is 3.87. The van der Waals surface area contributed by atoms with Crippen LogP contribution in [0.4, 0.5) is 9.18 Å². The number of amides is 1. The fourth-order valence-electron chi connectivity index (χ4n) is 1.60. The second-order valence-electron chi connectivity index (χ2n) is 4.15. The molecule has 8 nitrogen and oxygen atoms in total. The summed E-state index contributed by atoms with van der Waals surface area (Å²) in [6, 6.07) is 3.35. The quantitative estimate of drug-likeness (QED) is 0.848. The number of nitrogens with zero attached hydrogens (tertiary/aromatic N) is 4. The van der Waals surface area contributed by atoms with Crippen LogP contribution in [0.3, 0.4) is 0 Å². The number of nitrogens with two attached hydrogens (primary N) is 1. The lowest BCUT2D eigenvalue weighted by molar-refractivity contribution is 0.164. The van der Waals surface area contributed by atoms with Crippen molar-refractivity contribution >= 4 is 22.0 Å². The van der Waals surface area contributed by atoms with Crippen LogP contribution in [0.1, 0.15) is 0 Å². The minimum atomic E-state index is -1.03. The highest BCUT2D eigenvalue weighted by Gasteiger charge is 2.11. The Morgan fingerprint density at radius 1 is 1.55 bits per heavy atom. The Hall–Kier alpha value is -2.49. The molecule has 2 rings (SSSR count). The number of carbonyl (C=O) groups is 1. The number of halogens is 2. The van der Waals surface area contributed by atoms with Gasteiger partial charge in [0.05, 0.1) is 12.9 Å². The van der Waals surface area contributed by atoms with Crippen LogP contribution in [0, 0.1) is 0 Å². The largest absolute Gasteiger partial charge is 0.445 e. The first-order valence-electron chi connectivity index (χ1n) is 5.98. The Morgan fingerprint density at radius 3 is 2.95 bits per heavy atom. The standard InChI is InChI=1S/C12H11BrFN5O3/c13-9-1-2-16-10(3-9)18-7-17-19(12(18)21)5-8(4-14)6-22-11(15)20/h1-4,7H,5-6H2,(H2,15,20)/b8-4+. The van der Waals surface area contributed by atoms with E-state index >= 15 is 0 Å². The number of rotatable bonds is 5. The molecule has 0 unspecified atom stereocenters. The monoisotopic (exact) mass is 371 g/mol. The van der Waals surface area contributed by atoms with E-state index in [0.29, 0.717) is 5.82 Å². The molecule has 2 aromatic rings. The van der Waals surface area contributed by atoms with Gasteiger partial charge in [0, 0.05) is 16.2 Å². The van der Waals surface area contributed by atoms with E-state index < -0.39 is 11.8 Å². The summed E-state index contributed by atoms with van der Waals surface area (Å²) in [6.45, 7) is -0.538. The molecular formula is C12H11BrFN5O3. The lowest BCUT2D eigenvalue weighted by Gasteiger charge is -2.05. The van der Waals surface area contributed by atoms with E-state index in [1.165, 1.54) is 17.1 Å². The van der Waals surface area contributed by atoms with Crippen molar-refractivity contribution in [1.29, 1.82) is 0 Å². The number of hydrogen-bond donors (Lipinski definition) is 1. The first kappa shape index (κ1) is 15.9. The number of pyridine rings is 1. The van der Waals surface area contributed by atoms with Crippen molar-refractivity contribution in [2.75, 3.05) is 6.61 Å². The zero-order valence-corrected chi connectivity index (χ0v) is 12.7. The van der Waals surface area contributed by atoms with Crippen molar-refractivity contribution in [2.45, 2.75) is 6.54 Å².